The van der Waals surface area contributed by atoms with E-state index in [1.54, 1.807) is 0 Å². The van der Waals surface area contributed by atoms with E-state index in [2.05, 4.69) is 34.5 Å². The monoisotopic (exact) mass is 510 g/mol. The van der Waals surface area contributed by atoms with Crippen LogP contribution in [0.1, 0.15) is 50.9 Å². The summed E-state index contributed by atoms with van der Waals surface area (Å²) in [4.78, 5) is 32.9. The van der Waals surface area contributed by atoms with Gasteiger partial charge in [-0.05, 0) is 42.7 Å². The van der Waals surface area contributed by atoms with E-state index in [9.17, 15) is 9.59 Å². The molecule has 3 aromatic rings. The van der Waals surface area contributed by atoms with Gasteiger partial charge in [0.25, 0.3) is 11.8 Å². The highest BCUT2D eigenvalue weighted by atomic mass is 16.5. The first-order valence-electron chi connectivity index (χ1n) is 13.6. The number of amides is 2. The summed E-state index contributed by atoms with van der Waals surface area (Å²) in [5, 5.41) is 3.55. The maximum atomic E-state index is 13.4. The quantitative estimate of drug-likeness (QED) is 0.511. The Hall–Kier alpha value is -3.68. The van der Waals surface area contributed by atoms with Crippen LogP contribution < -0.4 is 5.32 Å². The summed E-state index contributed by atoms with van der Waals surface area (Å²) in [5.41, 5.74) is 4.47. The molecular weight excluding hydrogens is 476 g/mol. The molecule has 3 aliphatic heterocycles. The zero-order chi connectivity index (χ0) is 25.9. The first kappa shape index (κ1) is 24.6. The number of nitrogens with zero attached hydrogens (tertiary/aromatic N) is 3. The van der Waals surface area contributed by atoms with E-state index >= 15 is 0 Å². The van der Waals surface area contributed by atoms with Gasteiger partial charge >= 0.3 is 0 Å². The highest BCUT2D eigenvalue weighted by Crippen LogP contribution is 2.35. The van der Waals surface area contributed by atoms with Crippen LogP contribution >= 0.6 is 0 Å². The van der Waals surface area contributed by atoms with Crippen LogP contribution in [0, 0.1) is 0 Å². The number of rotatable bonds is 7. The Morgan fingerprint density at radius 2 is 1.71 bits per heavy atom. The third kappa shape index (κ3) is 5.17. The summed E-state index contributed by atoms with van der Waals surface area (Å²) >= 11 is 0. The Balaban J connectivity index is 1.13. The van der Waals surface area contributed by atoms with Gasteiger partial charge in [0.1, 0.15) is 6.17 Å². The van der Waals surface area contributed by atoms with E-state index < -0.39 is 0 Å². The molecule has 38 heavy (non-hydrogen) atoms. The van der Waals surface area contributed by atoms with Crippen molar-refractivity contribution in [2.24, 2.45) is 0 Å². The smallest absolute Gasteiger partial charge is 0.256 e. The van der Waals surface area contributed by atoms with Crippen molar-refractivity contribution in [1.29, 1.82) is 0 Å². The topological polar surface area (TPSA) is 65.1 Å². The number of nitrogens with one attached hydrogen (secondary N) is 1. The van der Waals surface area contributed by atoms with E-state index in [1.165, 1.54) is 5.56 Å². The van der Waals surface area contributed by atoms with Gasteiger partial charge in [0.2, 0.25) is 0 Å². The number of carbonyl (C=O) groups excluding carboxylic acids is 2. The summed E-state index contributed by atoms with van der Waals surface area (Å²) in [6.45, 7) is 5.35. The number of ether oxygens (including phenoxy) is 1. The standard InChI is InChI=1S/C31H34N4O3/c36-30(34-17-15-33(16-18-34)21-23-8-2-1-3-9-23)24-10-6-11-25(20-24)32-29-27-13-4-5-14-28(27)31(37)35(29)22-26-12-7-19-38-26/h1-6,8-11,13-14,20,26,29,32H,7,12,15-19,21-22H2. The van der Waals surface area contributed by atoms with Crippen molar-refractivity contribution in [1.82, 2.24) is 14.7 Å². The molecule has 6 rings (SSSR count). The fourth-order valence-electron chi connectivity index (χ4n) is 5.75. The van der Waals surface area contributed by atoms with Gasteiger partial charge in [0, 0.05) is 68.3 Å². The Labute approximate surface area is 224 Å². The SMILES string of the molecule is O=C(c1cccc(NC2c3ccccc3C(=O)N2CC2CCCO2)c1)N1CCN(Cc2ccccc2)CC1. The van der Waals surface area contributed by atoms with Crippen LogP contribution in [-0.2, 0) is 11.3 Å². The molecule has 0 spiro atoms. The molecule has 7 heteroatoms. The first-order valence-corrected chi connectivity index (χ1v) is 13.6. The van der Waals surface area contributed by atoms with Gasteiger partial charge in [-0.25, -0.2) is 0 Å². The summed E-state index contributed by atoms with van der Waals surface area (Å²) in [5.74, 6) is 0.0707. The number of fused-ring (bicyclic) bond motifs is 1. The zero-order valence-corrected chi connectivity index (χ0v) is 21.6. The molecule has 0 aromatic heterocycles. The van der Waals surface area contributed by atoms with E-state index in [0.717, 1.165) is 55.9 Å². The lowest BCUT2D eigenvalue weighted by Crippen LogP contribution is -2.48. The molecule has 0 bridgehead atoms. The second-order valence-electron chi connectivity index (χ2n) is 10.4. The molecule has 2 fully saturated rings. The lowest BCUT2D eigenvalue weighted by atomic mass is 10.1. The Kier molecular flexibility index (Phi) is 7.12. The van der Waals surface area contributed by atoms with Crippen molar-refractivity contribution >= 4 is 17.5 Å². The number of piperazine rings is 1. The molecule has 196 valence electrons. The Morgan fingerprint density at radius 1 is 0.921 bits per heavy atom. The minimum absolute atomic E-state index is 0.0224. The number of carbonyl (C=O) groups is 2. The minimum atomic E-state index is -0.296. The van der Waals surface area contributed by atoms with Crippen molar-refractivity contribution in [3.63, 3.8) is 0 Å². The van der Waals surface area contributed by atoms with Crippen molar-refractivity contribution in [3.8, 4) is 0 Å². The lowest BCUT2D eigenvalue weighted by Gasteiger charge is -2.35. The van der Waals surface area contributed by atoms with E-state index in [4.69, 9.17) is 4.74 Å². The van der Waals surface area contributed by atoms with Gasteiger partial charge in [-0.3, -0.25) is 14.5 Å². The molecule has 3 aromatic carbocycles. The molecule has 3 heterocycles. The summed E-state index contributed by atoms with van der Waals surface area (Å²) < 4.78 is 5.84. The van der Waals surface area contributed by atoms with Gasteiger partial charge in [-0.1, -0.05) is 54.6 Å². The third-order valence-corrected chi connectivity index (χ3v) is 7.80. The fourth-order valence-corrected chi connectivity index (χ4v) is 5.75. The van der Waals surface area contributed by atoms with Gasteiger partial charge in [0.05, 0.1) is 6.10 Å². The van der Waals surface area contributed by atoms with E-state index in [1.807, 2.05) is 64.4 Å². The second-order valence-corrected chi connectivity index (χ2v) is 10.4. The molecule has 2 atom stereocenters. The molecule has 2 unspecified atom stereocenters. The summed E-state index contributed by atoms with van der Waals surface area (Å²) in [6.07, 6.45) is 1.76. The fraction of sp³-hybridized carbons (Fsp3) is 0.355. The Morgan fingerprint density at radius 3 is 2.50 bits per heavy atom. The molecule has 2 amide bonds. The van der Waals surface area contributed by atoms with Crippen molar-refractivity contribution < 1.29 is 14.3 Å². The molecule has 3 aliphatic rings. The molecular formula is C31H34N4O3. The number of anilines is 1. The average molecular weight is 511 g/mol. The maximum absolute atomic E-state index is 13.4. The molecule has 0 saturated carbocycles. The number of hydrogen-bond acceptors (Lipinski definition) is 5. The number of benzene rings is 3. The van der Waals surface area contributed by atoms with Crippen molar-refractivity contribution in [2.45, 2.75) is 31.7 Å². The molecule has 1 N–H and O–H groups in total. The summed E-state index contributed by atoms with van der Waals surface area (Å²) in [6, 6.07) is 25.9. The van der Waals surface area contributed by atoms with Crippen molar-refractivity contribution in [2.75, 3.05) is 44.6 Å². The first-order chi connectivity index (χ1) is 18.7. The third-order valence-electron chi connectivity index (χ3n) is 7.80. The van der Waals surface area contributed by atoms with Crippen molar-refractivity contribution in [3.05, 3.63) is 101 Å². The van der Waals surface area contributed by atoms with E-state index in [0.29, 0.717) is 25.2 Å². The Bertz CT molecular complexity index is 1280. The van der Waals surface area contributed by atoms with Gasteiger partial charge < -0.3 is 19.9 Å². The zero-order valence-electron chi connectivity index (χ0n) is 21.6. The normalized spacial score (nSPS) is 21.5. The summed E-state index contributed by atoms with van der Waals surface area (Å²) in [7, 11) is 0. The van der Waals surface area contributed by atoms with Crippen LogP contribution in [0.4, 0.5) is 5.69 Å². The average Bonchev–Trinajstić information content (AvgIpc) is 3.57. The minimum Gasteiger partial charge on any atom is -0.376 e. The van der Waals surface area contributed by atoms with E-state index in [-0.39, 0.29) is 24.1 Å². The second kappa shape index (κ2) is 11.0. The molecule has 7 nitrogen and oxygen atoms in total. The predicted octanol–water partition coefficient (Wildman–Crippen LogP) is 4.39. The van der Waals surface area contributed by atoms with Crippen LogP contribution in [0.3, 0.4) is 0 Å². The number of hydrogen-bond donors (Lipinski definition) is 1. The lowest BCUT2D eigenvalue weighted by molar-refractivity contribution is 0.0488. The van der Waals surface area contributed by atoms with Crippen LogP contribution in [0.15, 0.2) is 78.9 Å². The highest BCUT2D eigenvalue weighted by molar-refractivity contribution is 5.99. The molecule has 0 aliphatic carbocycles. The molecule has 2 saturated heterocycles. The van der Waals surface area contributed by atoms with Crippen LogP contribution in [0.25, 0.3) is 0 Å². The predicted molar refractivity (Wildman–Crippen MR) is 147 cm³/mol. The highest BCUT2D eigenvalue weighted by Gasteiger charge is 2.38. The maximum Gasteiger partial charge on any atom is 0.256 e. The van der Waals surface area contributed by atoms with Gasteiger partial charge in [0.15, 0.2) is 0 Å². The largest absolute Gasteiger partial charge is 0.376 e. The van der Waals surface area contributed by atoms with Gasteiger partial charge in [-0.2, -0.15) is 0 Å². The van der Waals surface area contributed by atoms with Crippen LogP contribution in [0.5, 0.6) is 0 Å². The van der Waals surface area contributed by atoms with Crippen LogP contribution in [-0.4, -0.2) is 71.9 Å². The van der Waals surface area contributed by atoms with Crippen LogP contribution in [0.2, 0.25) is 0 Å². The van der Waals surface area contributed by atoms with Gasteiger partial charge in [-0.15, -0.1) is 0 Å². The molecule has 0 radical (unpaired) electrons.